The van der Waals surface area contributed by atoms with Crippen molar-refractivity contribution in [2.45, 2.75) is 45.6 Å². The Morgan fingerprint density at radius 1 is 1.23 bits per heavy atom. The van der Waals surface area contributed by atoms with Crippen molar-refractivity contribution in [2.75, 3.05) is 20.8 Å². The Labute approximate surface area is 83.1 Å². The summed E-state index contributed by atoms with van der Waals surface area (Å²) in [6.07, 6.45) is 4.94. The zero-order valence-corrected chi connectivity index (χ0v) is 9.60. The zero-order valence-electron chi connectivity index (χ0n) is 9.60. The molecule has 0 rings (SSSR count). The summed E-state index contributed by atoms with van der Waals surface area (Å²) in [5.41, 5.74) is 0. The number of methoxy groups -OCH3 is 1. The van der Waals surface area contributed by atoms with E-state index in [-0.39, 0.29) is 0 Å². The Kier molecular flexibility index (Phi) is 8.46. The smallest absolute Gasteiger partial charge is 0.0462 e. The molecule has 0 heterocycles. The fourth-order valence-corrected chi connectivity index (χ4v) is 1.92. The monoisotopic (exact) mass is 187 g/mol. The van der Waals surface area contributed by atoms with E-state index in [4.69, 9.17) is 4.74 Å². The van der Waals surface area contributed by atoms with E-state index in [1.807, 2.05) is 0 Å². The average molecular weight is 187 g/mol. The van der Waals surface area contributed by atoms with Crippen LogP contribution < -0.4 is 5.32 Å². The van der Waals surface area contributed by atoms with Gasteiger partial charge in [-0.15, -0.1) is 0 Å². The van der Waals surface area contributed by atoms with E-state index in [0.29, 0.717) is 6.04 Å². The molecule has 0 aromatic rings. The average Bonchev–Trinajstić information content (AvgIpc) is 2.17. The predicted molar refractivity (Wildman–Crippen MR) is 58.0 cm³/mol. The van der Waals surface area contributed by atoms with Gasteiger partial charge in [-0.1, -0.05) is 26.7 Å². The highest BCUT2D eigenvalue weighted by Gasteiger charge is 2.15. The van der Waals surface area contributed by atoms with Gasteiger partial charge in [-0.3, -0.25) is 0 Å². The molecule has 0 aliphatic rings. The first-order chi connectivity index (χ1) is 6.29. The van der Waals surface area contributed by atoms with Gasteiger partial charge in [0, 0.05) is 19.8 Å². The van der Waals surface area contributed by atoms with Gasteiger partial charge in [0.05, 0.1) is 0 Å². The second-order valence-electron chi connectivity index (χ2n) is 3.61. The molecule has 0 saturated carbocycles. The first-order valence-electron chi connectivity index (χ1n) is 5.46. The predicted octanol–water partition coefficient (Wildman–Crippen LogP) is 2.44. The van der Waals surface area contributed by atoms with Gasteiger partial charge in [0.1, 0.15) is 0 Å². The van der Waals surface area contributed by atoms with Gasteiger partial charge < -0.3 is 10.1 Å². The molecule has 80 valence electrons. The summed E-state index contributed by atoms with van der Waals surface area (Å²) in [4.78, 5) is 0. The van der Waals surface area contributed by atoms with Crippen molar-refractivity contribution in [3.63, 3.8) is 0 Å². The molecular formula is C11H25NO. The van der Waals surface area contributed by atoms with Crippen LogP contribution >= 0.6 is 0 Å². The van der Waals surface area contributed by atoms with Crippen molar-refractivity contribution in [3.05, 3.63) is 0 Å². The van der Waals surface area contributed by atoms with E-state index < -0.39 is 0 Å². The van der Waals surface area contributed by atoms with E-state index in [9.17, 15) is 0 Å². The zero-order chi connectivity index (χ0) is 10.1. The maximum atomic E-state index is 5.06. The lowest BCUT2D eigenvalue weighted by Gasteiger charge is -2.24. The largest absolute Gasteiger partial charge is 0.385 e. The van der Waals surface area contributed by atoms with Crippen LogP contribution in [0.5, 0.6) is 0 Å². The minimum Gasteiger partial charge on any atom is -0.385 e. The van der Waals surface area contributed by atoms with Gasteiger partial charge >= 0.3 is 0 Å². The van der Waals surface area contributed by atoms with Gasteiger partial charge in [-0.05, 0) is 25.8 Å². The van der Waals surface area contributed by atoms with E-state index in [1.165, 1.54) is 25.7 Å². The first kappa shape index (κ1) is 12.9. The van der Waals surface area contributed by atoms with Crippen LogP contribution in [-0.2, 0) is 4.74 Å². The molecule has 0 aromatic heterocycles. The Bertz CT molecular complexity index is 102. The van der Waals surface area contributed by atoms with Crippen molar-refractivity contribution in [1.29, 1.82) is 0 Å². The summed E-state index contributed by atoms with van der Waals surface area (Å²) in [5, 5.41) is 3.41. The van der Waals surface area contributed by atoms with Gasteiger partial charge in [-0.2, -0.15) is 0 Å². The summed E-state index contributed by atoms with van der Waals surface area (Å²) in [6.45, 7) is 5.43. The van der Waals surface area contributed by atoms with Crippen LogP contribution in [0, 0.1) is 5.92 Å². The van der Waals surface area contributed by atoms with Gasteiger partial charge in [0.15, 0.2) is 0 Å². The van der Waals surface area contributed by atoms with E-state index >= 15 is 0 Å². The van der Waals surface area contributed by atoms with Crippen LogP contribution in [0.15, 0.2) is 0 Å². The van der Waals surface area contributed by atoms with Crippen molar-refractivity contribution < 1.29 is 4.74 Å². The number of hydrogen-bond donors (Lipinski definition) is 1. The molecule has 0 radical (unpaired) electrons. The third-order valence-corrected chi connectivity index (χ3v) is 2.85. The van der Waals surface area contributed by atoms with E-state index in [0.717, 1.165) is 12.5 Å². The molecule has 1 atom stereocenters. The van der Waals surface area contributed by atoms with Crippen molar-refractivity contribution >= 4 is 0 Å². The minimum atomic E-state index is 0.671. The third kappa shape index (κ3) is 5.27. The van der Waals surface area contributed by atoms with Gasteiger partial charge in [0.25, 0.3) is 0 Å². The highest BCUT2D eigenvalue weighted by Crippen LogP contribution is 2.16. The topological polar surface area (TPSA) is 21.3 Å². The van der Waals surface area contributed by atoms with Crippen LogP contribution in [0.2, 0.25) is 0 Å². The van der Waals surface area contributed by atoms with Crippen LogP contribution in [0.4, 0.5) is 0 Å². The molecule has 1 N–H and O–H groups in total. The van der Waals surface area contributed by atoms with Crippen molar-refractivity contribution in [2.24, 2.45) is 5.92 Å². The molecule has 2 heteroatoms. The fraction of sp³-hybridized carbons (Fsp3) is 1.00. The normalized spacial score (nSPS) is 13.6. The summed E-state index contributed by atoms with van der Waals surface area (Å²) in [6, 6.07) is 0.671. The van der Waals surface area contributed by atoms with E-state index in [1.54, 1.807) is 7.11 Å². The molecule has 2 nitrogen and oxygen atoms in total. The highest BCUT2D eigenvalue weighted by atomic mass is 16.5. The van der Waals surface area contributed by atoms with Gasteiger partial charge in [-0.25, -0.2) is 0 Å². The molecule has 0 fully saturated rings. The van der Waals surface area contributed by atoms with E-state index in [2.05, 4.69) is 26.2 Å². The van der Waals surface area contributed by atoms with Crippen LogP contribution in [0.25, 0.3) is 0 Å². The highest BCUT2D eigenvalue weighted by molar-refractivity contribution is 4.72. The van der Waals surface area contributed by atoms with Gasteiger partial charge in [0.2, 0.25) is 0 Å². The molecule has 0 amide bonds. The molecule has 0 saturated heterocycles. The molecular weight excluding hydrogens is 162 g/mol. The summed E-state index contributed by atoms with van der Waals surface area (Å²) >= 11 is 0. The fourth-order valence-electron chi connectivity index (χ4n) is 1.92. The lowest BCUT2D eigenvalue weighted by molar-refractivity contribution is 0.183. The van der Waals surface area contributed by atoms with Crippen LogP contribution in [0.3, 0.4) is 0 Å². The SMILES string of the molecule is CCC(CC)C(CCCOC)NC. The number of hydrogen-bond acceptors (Lipinski definition) is 2. The van der Waals surface area contributed by atoms with Crippen LogP contribution in [0.1, 0.15) is 39.5 Å². The standard InChI is InChI=1S/C11H25NO/c1-5-10(6-2)11(12-3)8-7-9-13-4/h10-12H,5-9H2,1-4H3. The summed E-state index contributed by atoms with van der Waals surface area (Å²) in [5.74, 6) is 0.821. The van der Waals surface area contributed by atoms with Crippen molar-refractivity contribution in [1.82, 2.24) is 5.32 Å². The number of nitrogens with one attached hydrogen (secondary N) is 1. The molecule has 0 spiro atoms. The summed E-state index contributed by atoms with van der Waals surface area (Å²) in [7, 11) is 3.83. The molecule has 0 aliphatic carbocycles. The Morgan fingerprint density at radius 2 is 1.85 bits per heavy atom. The Morgan fingerprint density at radius 3 is 2.23 bits per heavy atom. The second-order valence-corrected chi connectivity index (χ2v) is 3.61. The lowest BCUT2D eigenvalue weighted by atomic mass is 9.91. The molecule has 0 aromatic carbocycles. The maximum Gasteiger partial charge on any atom is 0.0462 e. The number of ether oxygens (including phenoxy) is 1. The molecule has 13 heavy (non-hydrogen) atoms. The minimum absolute atomic E-state index is 0.671. The summed E-state index contributed by atoms with van der Waals surface area (Å²) < 4.78 is 5.06. The Hall–Kier alpha value is -0.0800. The molecule has 0 aliphatic heterocycles. The second kappa shape index (κ2) is 8.52. The first-order valence-corrected chi connectivity index (χ1v) is 5.46. The maximum absolute atomic E-state index is 5.06. The lowest BCUT2D eigenvalue weighted by Crippen LogP contribution is -2.33. The molecule has 0 bridgehead atoms. The third-order valence-electron chi connectivity index (χ3n) is 2.85. The quantitative estimate of drug-likeness (QED) is 0.589. The number of rotatable bonds is 8. The molecule has 1 unspecified atom stereocenters. The Balaban J connectivity index is 3.71. The van der Waals surface area contributed by atoms with Crippen molar-refractivity contribution in [3.8, 4) is 0 Å². The van der Waals surface area contributed by atoms with Crippen LogP contribution in [-0.4, -0.2) is 26.8 Å².